The Kier molecular flexibility index (Phi) is 3.15. The number of anilines is 1. The van der Waals surface area contributed by atoms with Crippen molar-refractivity contribution in [2.75, 3.05) is 5.32 Å². The molecule has 0 spiro atoms. The SMILES string of the molecule is Cc1ccc(NCc2ccn(C)n2)c(Cl)c1. The highest BCUT2D eigenvalue weighted by Crippen LogP contribution is 2.22. The molecule has 0 aliphatic carbocycles. The molecule has 0 amide bonds. The van der Waals surface area contributed by atoms with Gasteiger partial charge in [0.15, 0.2) is 0 Å². The highest BCUT2D eigenvalue weighted by molar-refractivity contribution is 6.33. The molecule has 1 aromatic carbocycles. The van der Waals surface area contributed by atoms with Crippen molar-refractivity contribution in [1.29, 1.82) is 0 Å². The summed E-state index contributed by atoms with van der Waals surface area (Å²) >= 11 is 6.11. The van der Waals surface area contributed by atoms with Crippen LogP contribution in [0.5, 0.6) is 0 Å². The van der Waals surface area contributed by atoms with Crippen LogP contribution in [0.1, 0.15) is 11.3 Å². The first kappa shape index (κ1) is 11.0. The van der Waals surface area contributed by atoms with Gasteiger partial charge in [0.05, 0.1) is 22.9 Å². The molecule has 0 aliphatic heterocycles. The molecule has 1 heterocycles. The summed E-state index contributed by atoms with van der Waals surface area (Å²) in [6.45, 7) is 2.71. The lowest BCUT2D eigenvalue weighted by Crippen LogP contribution is -2.01. The summed E-state index contributed by atoms with van der Waals surface area (Å²) < 4.78 is 1.79. The summed E-state index contributed by atoms with van der Waals surface area (Å²) in [5.41, 5.74) is 3.10. The van der Waals surface area contributed by atoms with Crippen LogP contribution in [-0.4, -0.2) is 9.78 Å². The Hall–Kier alpha value is -1.48. The Morgan fingerprint density at radius 1 is 1.38 bits per heavy atom. The predicted molar refractivity (Wildman–Crippen MR) is 66.7 cm³/mol. The fourth-order valence-corrected chi connectivity index (χ4v) is 1.81. The van der Waals surface area contributed by atoms with E-state index >= 15 is 0 Å². The Morgan fingerprint density at radius 3 is 2.81 bits per heavy atom. The van der Waals surface area contributed by atoms with Crippen LogP contribution in [0, 0.1) is 6.92 Å². The zero-order valence-corrected chi connectivity index (χ0v) is 10.1. The smallest absolute Gasteiger partial charge is 0.0815 e. The molecule has 0 saturated heterocycles. The summed E-state index contributed by atoms with van der Waals surface area (Å²) in [5, 5.41) is 8.29. The van der Waals surface area contributed by atoms with Gasteiger partial charge in [-0.1, -0.05) is 17.7 Å². The molecule has 3 nitrogen and oxygen atoms in total. The van der Waals surface area contributed by atoms with Crippen LogP contribution in [0.4, 0.5) is 5.69 Å². The molecule has 1 aromatic heterocycles. The van der Waals surface area contributed by atoms with Gasteiger partial charge in [0, 0.05) is 13.2 Å². The van der Waals surface area contributed by atoms with Crippen LogP contribution in [-0.2, 0) is 13.6 Å². The Balaban J connectivity index is 2.04. The van der Waals surface area contributed by atoms with Gasteiger partial charge in [-0.05, 0) is 30.7 Å². The van der Waals surface area contributed by atoms with Gasteiger partial charge in [0.25, 0.3) is 0 Å². The fourth-order valence-electron chi connectivity index (χ4n) is 1.51. The Morgan fingerprint density at radius 2 is 2.19 bits per heavy atom. The van der Waals surface area contributed by atoms with E-state index in [0.717, 1.165) is 22.0 Å². The second-order valence-electron chi connectivity index (χ2n) is 3.82. The highest BCUT2D eigenvalue weighted by atomic mass is 35.5. The summed E-state index contributed by atoms with van der Waals surface area (Å²) in [6.07, 6.45) is 1.92. The van der Waals surface area contributed by atoms with E-state index in [4.69, 9.17) is 11.6 Å². The number of hydrogen-bond donors (Lipinski definition) is 1. The first-order valence-corrected chi connectivity index (χ1v) is 5.51. The first-order valence-electron chi connectivity index (χ1n) is 5.14. The third kappa shape index (κ3) is 2.55. The second-order valence-corrected chi connectivity index (χ2v) is 4.22. The lowest BCUT2D eigenvalue weighted by molar-refractivity contribution is 0.747. The van der Waals surface area contributed by atoms with Gasteiger partial charge in [-0.2, -0.15) is 5.10 Å². The maximum atomic E-state index is 6.11. The van der Waals surface area contributed by atoms with E-state index in [1.807, 2.05) is 44.4 Å². The van der Waals surface area contributed by atoms with Crippen molar-refractivity contribution in [1.82, 2.24) is 9.78 Å². The maximum Gasteiger partial charge on any atom is 0.0815 e. The molecule has 1 N–H and O–H groups in total. The lowest BCUT2D eigenvalue weighted by Gasteiger charge is -2.07. The van der Waals surface area contributed by atoms with Crippen LogP contribution in [0.15, 0.2) is 30.5 Å². The van der Waals surface area contributed by atoms with E-state index in [1.165, 1.54) is 0 Å². The normalized spacial score (nSPS) is 10.4. The number of nitrogens with zero attached hydrogens (tertiary/aromatic N) is 2. The number of halogens is 1. The zero-order valence-electron chi connectivity index (χ0n) is 9.37. The average molecular weight is 236 g/mol. The molecule has 0 radical (unpaired) electrons. The van der Waals surface area contributed by atoms with Gasteiger partial charge in [-0.25, -0.2) is 0 Å². The van der Waals surface area contributed by atoms with Crippen molar-refractivity contribution >= 4 is 17.3 Å². The summed E-state index contributed by atoms with van der Waals surface area (Å²) in [4.78, 5) is 0. The standard InChI is InChI=1S/C12H14ClN3/c1-9-3-4-12(11(13)7-9)14-8-10-5-6-16(2)15-10/h3-7,14H,8H2,1-2H3. The van der Waals surface area contributed by atoms with Crippen LogP contribution in [0.3, 0.4) is 0 Å². The molecule has 0 saturated carbocycles. The first-order chi connectivity index (χ1) is 7.65. The molecule has 0 unspecified atom stereocenters. The lowest BCUT2D eigenvalue weighted by atomic mass is 10.2. The van der Waals surface area contributed by atoms with Crippen molar-refractivity contribution in [3.05, 3.63) is 46.7 Å². The van der Waals surface area contributed by atoms with Crippen molar-refractivity contribution in [3.8, 4) is 0 Å². The molecular weight excluding hydrogens is 222 g/mol. The number of nitrogens with one attached hydrogen (secondary N) is 1. The molecule has 0 aliphatic rings. The van der Waals surface area contributed by atoms with Crippen molar-refractivity contribution in [2.24, 2.45) is 7.05 Å². The number of aromatic nitrogens is 2. The average Bonchev–Trinajstić information content (AvgIpc) is 2.63. The summed E-state index contributed by atoms with van der Waals surface area (Å²) in [6, 6.07) is 7.95. The largest absolute Gasteiger partial charge is 0.378 e. The van der Waals surface area contributed by atoms with Gasteiger partial charge in [0.1, 0.15) is 0 Å². The van der Waals surface area contributed by atoms with Gasteiger partial charge in [-0.3, -0.25) is 4.68 Å². The van der Waals surface area contributed by atoms with Gasteiger partial charge in [0.2, 0.25) is 0 Å². The third-order valence-corrected chi connectivity index (χ3v) is 2.67. The maximum absolute atomic E-state index is 6.11. The number of hydrogen-bond acceptors (Lipinski definition) is 2. The molecule has 0 atom stereocenters. The quantitative estimate of drug-likeness (QED) is 0.887. The fraction of sp³-hybridized carbons (Fsp3) is 0.250. The molecule has 84 valence electrons. The number of benzene rings is 1. The second kappa shape index (κ2) is 4.58. The molecule has 2 aromatic rings. The van der Waals surface area contributed by atoms with E-state index in [-0.39, 0.29) is 0 Å². The molecule has 4 heteroatoms. The van der Waals surface area contributed by atoms with Crippen LogP contribution < -0.4 is 5.32 Å². The van der Waals surface area contributed by atoms with Crippen molar-refractivity contribution in [2.45, 2.75) is 13.5 Å². The monoisotopic (exact) mass is 235 g/mol. The van der Waals surface area contributed by atoms with Gasteiger partial charge in [-0.15, -0.1) is 0 Å². The topological polar surface area (TPSA) is 29.9 Å². The molecule has 2 rings (SSSR count). The third-order valence-electron chi connectivity index (χ3n) is 2.35. The highest BCUT2D eigenvalue weighted by Gasteiger charge is 2.01. The van der Waals surface area contributed by atoms with E-state index in [9.17, 15) is 0 Å². The van der Waals surface area contributed by atoms with E-state index < -0.39 is 0 Å². The number of rotatable bonds is 3. The molecule has 16 heavy (non-hydrogen) atoms. The van der Waals surface area contributed by atoms with E-state index in [1.54, 1.807) is 4.68 Å². The molecule has 0 bridgehead atoms. The minimum absolute atomic E-state index is 0.684. The Bertz CT molecular complexity index is 491. The van der Waals surface area contributed by atoms with Gasteiger partial charge < -0.3 is 5.32 Å². The molecule has 0 fully saturated rings. The van der Waals surface area contributed by atoms with Crippen LogP contribution >= 0.6 is 11.6 Å². The predicted octanol–water partition coefficient (Wildman–Crippen LogP) is 2.99. The van der Waals surface area contributed by atoms with Gasteiger partial charge >= 0.3 is 0 Å². The van der Waals surface area contributed by atoms with Crippen LogP contribution in [0.25, 0.3) is 0 Å². The summed E-state index contributed by atoms with van der Waals surface area (Å²) in [7, 11) is 1.91. The van der Waals surface area contributed by atoms with E-state index in [0.29, 0.717) is 6.54 Å². The zero-order chi connectivity index (χ0) is 11.5. The van der Waals surface area contributed by atoms with Crippen LogP contribution in [0.2, 0.25) is 5.02 Å². The minimum atomic E-state index is 0.684. The Labute approximate surface area is 100 Å². The minimum Gasteiger partial charge on any atom is -0.378 e. The van der Waals surface area contributed by atoms with Crippen molar-refractivity contribution in [3.63, 3.8) is 0 Å². The van der Waals surface area contributed by atoms with Crippen molar-refractivity contribution < 1.29 is 0 Å². The molecular formula is C12H14ClN3. The summed E-state index contributed by atoms with van der Waals surface area (Å²) in [5.74, 6) is 0. The number of aryl methyl sites for hydroxylation is 2. The van der Waals surface area contributed by atoms with E-state index in [2.05, 4.69) is 10.4 Å².